The number of phenolic OH excluding ortho intramolecular Hbond substituents is 1. The van der Waals surface area contributed by atoms with Crippen LogP contribution in [0.5, 0.6) is 5.75 Å². The van der Waals surface area contributed by atoms with Gasteiger partial charge in [-0.15, -0.1) is 0 Å². The van der Waals surface area contributed by atoms with Crippen LogP contribution in [0.4, 0.5) is 11.4 Å². The first-order chi connectivity index (χ1) is 20.6. The van der Waals surface area contributed by atoms with Crippen LogP contribution in [0.1, 0.15) is 48.4 Å². The summed E-state index contributed by atoms with van der Waals surface area (Å²) in [6.07, 6.45) is 0.248. The summed E-state index contributed by atoms with van der Waals surface area (Å²) in [4.78, 5) is 43.0. The van der Waals surface area contributed by atoms with Gasteiger partial charge in [0.15, 0.2) is 11.4 Å². The van der Waals surface area contributed by atoms with E-state index in [1.165, 1.54) is 10.5 Å². The molecule has 0 spiro atoms. The van der Waals surface area contributed by atoms with E-state index in [-0.39, 0.29) is 29.7 Å². The second-order valence-corrected chi connectivity index (χ2v) is 12.8. The van der Waals surface area contributed by atoms with Crippen molar-refractivity contribution in [2.24, 2.45) is 17.6 Å². The molecule has 1 fully saturated rings. The van der Waals surface area contributed by atoms with Crippen LogP contribution in [0.3, 0.4) is 0 Å². The maximum atomic E-state index is 14.1. The Morgan fingerprint density at radius 3 is 2.27 bits per heavy atom. The SMILES string of the molecule is CC(C)c1ccc(CNc2cc(N(C)C)c3c(c2O)C(O)=C2C(=O)C4(O)C(O)=C(C(N)=O)C(=O)C(N(C)C)C4CC2C3)cc1. The minimum absolute atomic E-state index is 0.0335. The van der Waals surface area contributed by atoms with Crippen molar-refractivity contribution in [2.75, 3.05) is 38.4 Å². The number of fused-ring (bicyclic) bond motifs is 3. The molecule has 2 aromatic carbocycles. The van der Waals surface area contributed by atoms with Crippen molar-refractivity contribution in [3.8, 4) is 5.75 Å². The van der Waals surface area contributed by atoms with Crippen molar-refractivity contribution in [1.29, 1.82) is 0 Å². The number of phenols is 1. The molecule has 2 aromatic rings. The van der Waals surface area contributed by atoms with Crippen molar-refractivity contribution >= 4 is 34.6 Å². The first kappa shape index (κ1) is 31.1. The molecule has 7 N–H and O–H groups in total. The molecular weight excluding hydrogens is 564 g/mol. The summed E-state index contributed by atoms with van der Waals surface area (Å²) in [5.74, 6) is -6.35. The maximum absolute atomic E-state index is 14.1. The lowest BCUT2D eigenvalue weighted by Crippen LogP contribution is -2.65. The predicted molar refractivity (Wildman–Crippen MR) is 166 cm³/mol. The topological polar surface area (TPSA) is 177 Å². The van der Waals surface area contributed by atoms with Crippen LogP contribution in [-0.2, 0) is 27.3 Å². The number of primary amides is 1. The third kappa shape index (κ3) is 4.62. The van der Waals surface area contributed by atoms with E-state index in [9.17, 15) is 34.8 Å². The summed E-state index contributed by atoms with van der Waals surface area (Å²) in [5.41, 5.74) is 5.58. The zero-order valence-electron chi connectivity index (χ0n) is 25.8. The smallest absolute Gasteiger partial charge is 0.255 e. The molecule has 234 valence electrons. The Kier molecular flexibility index (Phi) is 7.75. The molecule has 5 rings (SSSR count). The first-order valence-corrected chi connectivity index (χ1v) is 14.6. The van der Waals surface area contributed by atoms with Gasteiger partial charge in [0.25, 0.3) is 5.91 Å². The Balaban J connectivity index is 1.62. The third-order valence-corrected chi connectivity index (χ3v) is 9.31. The number of carbonyl (C=O) groups excluding carboxylic acids is 3. The fourth-order valence-corrected chi connectivity index (χ4v) is 7.04. The van der Waals surface area contributed by atoms with Gasteiger partial charge in [-0.2, -0.15) is 0 Å². The number of amides is 1. The van der Waals surface area contributed by atoms with Gasteiger partial charge in [0.05, 0.1) is 17.3 Å². The fourth-order valence-electron chi connectivity index (χ4n) is 7.04. The van der Waals surface area contributed by atoms with E-state index < -0.39 is 58.0 Å². The molecule has 0 aromatic heterocycles. The van der Waals surface area contributed by atoms with Gasteiger partial charge in [0.2, 0.25) is 5.78 Å². The molecule has 0 saturated heterocycles. The van der Waals surface area contributed by atoms with Gasteiger partial charge < -0.3 is 36.4 Å². The third-order valence-electron chi connectivity index (χ3n) is 9.31. The number of benzene rings is 2. The number of aliphatic hydroxyl groups excluding tert-OH is 2. The highest BCUT2D eigenvalue weighted by Crippen LogP contribution is 2.54. The molecule has 1 saturated carbocycles. The van der Waals surface area contributed by atoms with Crippen LogP contribution < -0.4 is 16.0 Å². The van der Waals surface area contributed by atoms with Crippen molar-refractivity contribution in [1.82, 2.24) is 4.90 Å². The van der Waals surface area contributed by atoms with Gasteiger partial charge in [0.1, 0.15) is 22.8 Å². The van der Waals surface area contributed by atoms with E-state index in [4.69, 9.17) is 5.73 Å². The monoisotopic (exact) mass is 604 g/mol. The minimum Gasteiger partial charge on any atom is -0.508 e. The number of ketones is 2. The lowest BCUT2D eigenvalue weighted by Gasteiger charge is -2.50. The number of likely N-dealkylation sites (N-methyl/N-ethyl adjacent to an activating group) is 1. The second kappa shape index (κ2) is 11.0. The Morgan fingerprint density at radius 1 is 1.09 bits per heavy atom. The van der Waals surface area contributed by atoms with Gasteiger partial charge in [-0.25, -0.2) is 0 Å². The summed E-state index contributed by atoms with van der Waals surface area (Å²) >= 11 is 0. The van der Waals surface area contributed by atoms with E-state index in [1.54, 1.807) is 20.2 Å². The molecule has 11 nitrogen and oxygen atoms in total. The maximum Gasteiger partial charge on any atom is 0.255 e. The van der Waals surface area contributed by atoms with Gasteiger partial charge in [-0.3, -0.25) is 19.3 Å². The molecule has 1 amide bonds. The molecule has 3 aliphatic rings. The number of Topliss-reactive ketones (excluding diaryl/α,β-unsaturated/α-hetero) is 2. The van der Waals surface area contributed by atoms with Crippen molar-refractivity contribution in [3.63, 3.8) is 0 Å². The fraction of sp³-hybridized carbons (Fsp3) is 0.424. The zero-order valence-corrected chi connectivity index (χ0v) is 25.8. The molecule has 4 unspecified atom stereocenters. The number of aliphatic hydroxyl groups is 3. The molecule has 0 bridgehead atoms. The van der Waals surface area contributed by atoms with Crippen LogP contribution in [0.2, 0.25) is 0 Å². The summed E-state index contributed by atoms with van der Waals surface area (Å²) < 4.78 is 0. The van der Waals surface area contributed by atoms with E-state index in [0.29, 0.717) is 29.4 Å². The molecule has 0 radical (unpaired) electrons. The normalized spacial score (nSPS) is 24.8. The number of anilines is 2. The summed E-state index contributed by atoms with van der Waals surface area (Å²) in [5, 5.41) is 49.3. The van der Waals surface area contributed by atoms with Crippen molar-refractivity contribution in [2.45, 2.75) is 50.8 Å². The average Bonchev–Trinajstić information content (AvgIpc) is 2.94. The highest BCUT2D eigenvalue weighted by atomic mass is 16.3. The number of aromatic hydroxyl groups is 1. The van der Waals surface area contributed by atoms with Gasteiger partial charge in [-0.1, -0.05) is 38.1 Å². The van der Waals surface area contributed by atoms with E-state index in [0.717, 1.165) is 5.56 Å². The number of nitrogens with zero attached hydrogens (tertiary/aromatic N) is 2. The number of hydrogen-bond donors (Lipinski definition) is 6. The zero-order chi connectivity index (χ0) is 32.4. The Labute approximate surface area is 256 Å². The Bertz CT molecular complexity index is 1620. The molecule has 44 heavy (non-hydrogen) atoms. The van der Waals surface area contributed by atoms with Crippen LogP contribution in [0.15, 0.2) is 47.2 Å². The average molecular weight is 605 g/mol. The first-order valence-electron chi connectivity index (χ1n) is 14.6. The highest BCUT2D eigenvalue weighted by molar-refractivity contribution is 6.24. The minimum atomic E-state index is -2.68. The number of nitrogens with one attached hydrogen (secondary N) is 1. The number of nitrogens with two attached hydrogens (primary N) is 1. The number of rotatable bonds is 7. The summed E-state index contributed by atoms with van der Waals surface area (Å²) in [7, 11) is 6.81. The van der Waals surface area contributed by atoms with E-state index in [1.807, 2.05) is 31.1 Å². The number of hydrogen-bond acceptors (Lipinski definition) is 10. The Morgan fingerprint density at radius 2 is 1.73 bits per heavy atom. The predicted octanol–water partition coefficient (Wildman–Crippen LogP) is 2.77. The lowest BCUT2D eigenvalue weighted by molar-refractivity contribution is -0.153. The summed E-state index contributed by atoms with van der Waals surface area (Å²) in [6, 6.07) is 8.77. The standard InChI is InChI=1S/C33H40N4O7/c1-15(2)17-9-7-16(8-10-17)14-35-21-13-22(36(3)4)19-11-18-12-20-26(37(5)6)29(40)25(32(34)43)31(42)33(20,44)30(41)23(18)28(39)24(19)27(21)38/h7-10,13,15,18,20,26,35,38-39,42,44H,11-12,14H2,1-6H3,(H2,34,43). The Hall–Kier alpha value is -4.35. The van der Waals surface area contributed by atoms with Crippen molar-refractivity contribution < 1.29 is 34.8 Å². The van der Waals surface area contributed by atoms with E-state index in [2.05, 4.69) is 31.3 Å². The molecular formula is C33H40N4O7. The lowest BCUT2D eigenvalue weighted by atomic mass is 9.57. The number of carbonyl (C=O) groups is 3. The quantitative estimate of drug-likeness (QED) is 0.204. The van der Waals surface area contributed by atoms with Crippen LogP contribution in [0, 0.1) is 11.8 Å². The summed E-state index contributed by atoms with van der Waals surface area (Å²) in [6.45, 7) is 4.61. The van der Waals surface area contributed by atoms with Crippen LogP contribution in [0.25, 0.3) is 5.76 Å². The largest absolute Gasteiger partial charge is 0.508 e. The van der Waals surface area contributed by atoms with Crippen molar-refractivity contribution in [3.05, 3.63) is 69.5 Å². The van der Waals surface area contributed by atoms with Gasteiger partial charge >= 0.3 is 0 Å². The van der Waals surface area contributed by atoms with Crippen LogP contribution in [-0.4, -0.2) is 82.6 Å². The second-order valence-electron chi connectivity index (χ2n) is 12.8. The highest BCUT2D eigenvalue weighted by Gasteiger charge is 2.64. The van der Waals surface area contributed by atoms with E-state index >= 15 is 0 Å². The van der Waals surface area contributed by atoms with Gasteiger partial charge in [0, 0.05) is 37.8 Å². The van der Waals surface area contributed by atoms with Crippen LogP contribution >= 0.6 is 0 Å². The van der Waals surface area contributed by atoms with Gasteiger partial charge in [-0.05, 0) is 61.5 Å². The molecule has 3 aliphatic carbocycles. The molecule has 0 heterocycles. The molecule has 4 atom stereocenters. The molecule has 11 heteroatoms. The molecule has 0 aliphatic heterocycles.